The Bertz CT molecular complexity index is 311. The molecule has 15 heavy (non-hydrogen) atoms. The highest BCUT2D eigenvalue weighted by atomic mass is 32.2. The zero-order valence-electron chi connectivity index (χ0n) is 8.85. The Kier molecular flexibility index (Phi) is 3.33. The average Bonchev–Trinajstić information content (AvgIpc) is 3.00. The summed E-state index contributed by atoms with van der Waals surface area (Å²) in [5.74, 6) is 0.118. The van der Waals surface area contributed by atoms with Crippen LogP contribution in [-0.4, -0.2) is 31.4 Å². The second kappa shape index (κ2) is 4.39. The second-order valence-corrected chi connectivity index (χ2v) is 6.75. The smallest absolute Gasteiger partial charge is 0.214 e. The van der Waals surface area contributed by atoms with E-state index in [0.717, 1.165) is 38.5 Å². The normalized spacial score (nSPS) is 32.9. The van der Waals surface area contributed by atoms with Gasteiger partial charge in [-0.1, -0.05) is 12.8 Å². The van der Waals surface area contributed by atoms with Crippen LogP contribution in [0.4, 0.5) is 0 Å². The molecule has 0 spiro atoms. The van der Waals surface area contributed by atoms with Crippen molar-refractivity contribution in [1.29, 1.82) is 0 Å². The first kappa shape index (κ1) is 11.4. The molecule has 2 aliphatic rings. The van der Waals surface area contributed by atoms with E-state index in [1.807, 2.05) is 0 Å². The molecular formula is C10H19NO3S. The molecule has 88 valence electrons. The van der Waals surface area contributed by atoms with Gasteiger partial charge in [0.1, 0.15) is 0 Å². The van der Waals surface area contributed by atoms with Gasteiger partial charge < -0.3 is 5.11 Å². The van der Waals surface area contributed by atoms with E-state index in [4.69, 9.17) is 0 Å². The maximum Gasteiger partial charge on any atom is 0.214 e. The zero-order valence-corrected chi connectivity index (χ0v) is 9.67. The Balaban J connectivity index is 1.81. The molecule has 2 saturated carbocycles. The predicted octanol–water partition coefficient (Wildman–Crippen LogP) is 0.619. The number of rotatable bonds is 4. The van der Waals surface area contributed by atoms with Crippen molar-refractivity contribution in [2.45, 2.75) is 49.9 Å². The molecule has 0 aliphatic heterocycles. The number of nitrogens with one attached hydrogen (secondary N) is 1. The van der Waals surface area contributed by atoms with Crippen LogP contribution >= 0.6 is 0 Å². The van der Waals surface area contributed by atoms with Gasteiger partial charge in [0, 0.05) is 6.54 Å². The summed E-state index contributed by atoms with van der Waals surface area (Å²) in [6.45, 7) is 0.417. The van der Waals surface area contributed by atoms with Gasteiger partial charge in [-0.25, -0.2) is 13.1 Å². The fourth-order valence-corrected chi connectivity index (χ4v) is 3.58. The third-order valence-corrected chi connectivity index (χ3v) is 5.30. The van der Waals surface area contributed by atoms with Crippen LogP contribution in [0.2, 0.25) is 0 Å². The second-order valence-electron chi connectivity index (χ2n) is 4.70. The highest BCUT2D eigenvalue weighted by molar-refractivity contribution is 7.90. The van der Waals surface area contributed by atoms with E-state index < -0.39 is 10.0 Å². The molecule has 2 fully saturated rings. The van der Waals surface area contributed by atoms with Crippen molar-refractivity contribution in [3.05, 3.63) is 0 Å². The van der Waals surface area contributed by atoms with Crippen molar-refractivity contribution in [2.24, 2.45) is 5.92 Å². The molecule has 0 radical (unpaired) electrons. The number of aliphatic hydroxyl groups is 1. The van der Waals surface area contributed by atoms with E-state index in [1.54, 1.807) is 0 Å². The first-order chi connectivity index (χ1) is 7.09. The molecule has 2 N–H and O–H groups in total. The summed E-state index contributed by atoms with van der Waals surface area (Å²) in [7, 11) is -3.07. The van der Waals surface area contributed by atoms with Crippen LogP contribution in [0.5, 0.6) is 0 Å². The molecule has 5 heteroatoms. The van der Waals surface area contributed by atoms with Gasteiger partial charge in [-0.3, -0.25) is 0 Å². The fourth-order valence-electron chi connectivity index (χ4n) is 2.15. The lowest BCUT2D eigenvalue weighted by Crippen LogP contribution is -2.37. The highest BCUT2D eigenvalue weighted by Gasteiger charge is 2.36. The number of sulfonamides is 1. The molecule has 0 amide bonds. The van der Waals surface area contributed by atoms with E-state index in [2.05, 4.69) is 4.72 Å². The molecule has 2 atom stereocenters. The maximum atomic E-state index is 11.5. The van der Waals surface area contributed by atoms with E-state index >= 15 is 0 Å². The van der Waals surface area contributed by atoms with Gasteiger partial charge in [-0.05, 0) is 31.6 Å². The van der Waals surface area contributed by atoms with Crippen LogP contribution in [0.1, 0.15) is 38.5 Å². The molecule has 4 nitrogen and oxygen atoms in total. The van der Waals surface area contributed by atoms with E-state index in [0.29, 0.717) is 6.54 Å². The highest BCUT2D eigenvalue weighted by Crippen LogP contribution is 2.28. The summed E-state index contributed by atoms with van der Waals surface area (Å²) in [5, 5.41) is 9.53. The molecule has 0 aromatic heterocycles. The Morgan fingerprint density at radius 1 is 1.13 bits per heavy atom. The first-order valence-electron chi connectivity index (χ1n) is 5.76. The van der Waals surface area contributed by atoms with Crippen LogP contribution in [0.3, 0.4) is 0 Å². The van der Waals surface area contributed by atoms with Gasteiger partial charge in [-0.2, -0.15) is 0 Å². The maximum absolute atomic E-state index is 11.5. The molecule has 2 unspecified atom stereocenters. The van der Waals surface area contributed by atoms with Gasteiger partial charge in [-0.15, -0.1) is 0 Å². The molecular weight excluding hydrogens is 214 g/mol. The molecule has 0 aromatic carbocycles. The molecule has 0 bridgehead atoms. The average molecular weight is 233 g/mol. The van der Waals surface area contributed by atoms with Crippen molar-refractivity contribution in [1.82, 2.24) is 4.72 Å². The summed E-state index contributed by atoms with van der Waals surface area (Å²) in [5.41, 5.74) is 0. The summed E-state index contributed by atoms with van der Waals surface area (Å²) in [6.07, 6.45) is 5.19. The third kappa shape index (κ3) is 2.92. The van der Waals surface area contributed by atoms with Crippen LogP contribution in [-0.2, 0) is 10.0 Å². The predicted molar refractivity (Wildman–Crippen MR) is 57.9 cm³/mol. The van der Waals surface area contributed by atoms with Crippen molar-refractivity contribution in [3.8, 4) is 0 Å². The van der Waals surface area contributed by atoms with Gasteiger partial charge >= 0.3 is 0 Å². The standard InChI is InChI=1S/C10H19NO3S/c12-10-4-2-1-3-8(10)7-11-15(13,14)9-5-6-9/h8-12H,1-7H2. The number of hydrogen-bond donors (Lipinski definition) is 2. The quantitative estimate of drug-likeness (QED) is 0.748. The summed E-state index contributed by atoms with van der Waals surface area (Å²) < 4.78 is 25.7. The van der Waals surface area contributed by atoms with E-state index in [-0.39, 0.29) is 17.3 Å². The SMILES string of the molecule is O=S(=O)(NCC1CCCCC1O)C1CC1. The lowest BCUT2D eigenvalue weighted by Gasteiger charge is -2.27. The van der Waals surface area contributed by atoms with Crippen LogP contribution in [0, 0.1) is 5.92 Å². The monoisotopic (exact) mass is 233 g/mol. The van der Waals surface area contributed by atoms with Crippen molar-refractivity contribution in [3.63, 3.8) is 0 Å². The van der Waals surface area contributed by atoms with Crippen LogP contribution < -0.4 is 4.72 Å². The number of hydrogen-bond acceptors (Lipinski definition) is 3. The topological polar surface area (TPSA) is 66.4 Å². The lowest BCUT2D eigenvalue weighted by molar-refractivity contribution is 0.0724. The summed E-state index contributed by atoms with van der Waals surface area (Å²) in [6, 6.07) is 0. The fraction of sp³-hybridized carbons (Fsp3) is 1.00. The molecule has 0 heterocycles. The molecule has 2 aliphatic carbocycles. The minimum Gasteiger partial charge on any atom is -0.393 e. The van der Waals surface area contributed by atoms with E-state index in [9.17, 15) is 13.5 Å². The van der Waals surface area contributed by atoms with Crippen LogP contribution in [0.25, 0.3) is 0 Å². The zero-order chi connectivity index (χ0) is 10.9. The molecule has 0 saturated heterocycles. The van der Waals surface area contributed by atoms with Crippen molar-refractivity contribution in [2.75, 3.05) is 6.54 Å². The minimum atomic E-state index is -3.07. The van der Waals surface area contributed by atoms with Gasteiger partial charge in [0.2, 0.25) is 10.0 Å². The minimum absolute atomic E-state index is 0.118. The first-order valence-corrected chi connectivity index (χ1v) is 7.31. The Morgan fingerprint density at radius 2 is 1.80 bits per heavy atom. The summed E-state index contributed by atoms with van der Waals surface area (Å²) in [4.78, 5) is 0. The van der Waals surface area contributed by atoms with Gasteiger partial charge in [0.15, 0.2) is 0 Å². The van der Waals surface area contributed by atoms with Crippen molar-refractivity contribution >= 4 is 10.0 Å². The lowest BCUT2D eigenvalue weighted by atomic mass is 9.87. The molecule has 0 aromatic rings. The largest absolute Gasteiger partial charge is 0.393 e. The molecule has 2 rings (SSSR count). The van der Waals surface area contributed by atoms with Crippen LogP contribution in [0.15, 0.2) is 0 Å². The van der Waals surface area contributed by atoms with Gasteiger partial charge in [0.05, 0.1) is 11.4 Å². The summed E-state index contributed by atoms with van der Waals surface area (Å²) >= 11 is 0. The number of aliphatic hydroxyl groups excluding tert-OH is 1. The Labute approximate surface area is 91.1 Å². The van der Waals surface area contributed by atoms with Crippen molar-refractivity contribution < 1.29 is 13.5 Å². The van der Waals surface area contributed by atoms with E-state index in [1.165, 1.54) is 0 Å². The Hall–Kier alpha value is -0.130. The third-order valence-electron chi connectivity index (χ3n) is 3.38. The Morgan fingerprint density at radius 3 is 2.40 bits per heavy atom. The van der Waals surface area contributed by atoms with Gasteiger partial charge in [0.25, 0.3) is 0 Å².